The monoisotopic (exact) mass is 327 g/mol. The zero-order valence-corrected chi connectivity index (χ0v) is 13.6. The summed E-state index contributed by atoms with van der Waals surface area (Å²) in [5.41, 5.74) is -0.885. The standard InChI is InChI=1S/C11H19Cl2N3O2S/c1-4-5-16-6-10(14-9(16)2)19(17,18)15-11(3,7-12)8-13/h6,15H,4-5,7-8H2,1-3H3. The Morgan fingerprint density at radius 1 is 1.42 bits per heavy atom. The molecule has 1 rings (SSSR count). The zero-order chi connectivity index (χ0) is 14.7. The highest BCUT2D eigenvalue weighted by molar-refractivity contribution is 7.89. The minimum atomic E-state index is -3.71. The van der Waals surface area contributed by atoms with Crippen LogP contribution < -0.4 is 4.72 Å². The second-order valence-electron chi connectivity index (χ2n) is 4.75. The SMILES string of the molecule is CCCn1cc(S(=O)(=O)NC(C)(CCl)CCl)nc1C. The lowest BCUT2D eigenvalue weighted by Gasteiger charge is -2.24. The first-order valence-electron chi connectivity index (χ1n) is 5.97. The molecule has 0 aliphatic carbocycles. The number of nitrogens with one attached hydrogen (secondary N) is 1. The summed E-state index contributed by atoms with van der Waals surface area (Å²) in [7, 11) is -3.71. The van der Waals surface area contributed by atoms with Gasteiger partial charge in [-0.1, -0.05) is 6.92 Å². The Morgan fingerprint density at radius 3 is 2.47 bits per heavy atom. The Kier molecular flexibility index (Phi) is 5.67. The fraction of sp³-hybridized carbons (Fsp3) is 0.727. The van der Waals surface area contributed by atoms with Crippen LogP contribution in [0, 0.1) is 6.92 Å². The van der Waals surface area contributed by atoms with E-state index in [-0.39, 0.29) is 16.8 Å². The Morgan fingerprint density at radius 2 is 2.00 bits per heavy atom. The van der Waals surface area contributed by atoms with Gasteiger partial charge in [0.1, 0.15) is 5.82 Å². The van der Waals surface area contributed by atoms with E-state index >= 15 is 0 Å². The highest BCUT2D eigenvalue weighted by atomic mass is 35.5. The third-order valence-corrected chi connectivity index (χ3v) is 5.35. The van der Waals surface area contributed by atoms with Crippen molar-refractivity contribution < 1.29 is 8.42 Å². The van der Waals surface area contributed by atoms with Crippen LogP contribution in [-0.4, -0.2) is 35.3 Å². The summed E-state index contributed by atoms with van der Waals surface area (Å²) in [6.07, 6.45) is 2.44. The van der Waals surface area contributed by atoms with Crippen molar-refractivity contribution in [3.8, 4) is 0 Å². The highest BCUT2D eigenvalue weighted by Crippen LogP contribution is 2.16. The maximum absolute atomic E-state index is 12.2. The Labute approximate surface area is 124 Å². The molecular weight excluding hydrogens is 309 g/mol. The molecule has 1 aromatic rings. The number of hydrogen-bond donors (Lipinski definition) is 1. The number of hydrogen-bond acceptors (Lipinski definition) is 3. The minimum Gasteiger partial charge on any atom is -0.334 e. The van der Waals surface area contributed by atoms with E-state index in [1.807, 2.05) is 11.5 Å². The van der Waals surface area contributed by atoms with Crippen molar-refractivity contribution in [2.24, 2.45) is 0 Å². The predicted molar refractivity (Wildman–Crippen MR) is 77.4 cm³/mol. The lowest BCUT2D eigenvalue weighted by Crippen LogP contribution is -2.49. The van der Waals surface area contributed by atoms with Crippen LogP contribution in [0.15, 0.2) is 11.2 Å². The van der Waals surface area contributed by atoms with Gasteiger partial charge in [-0.05, 0) is 20.3 Å². The van der Waals surface area contributed by atoms with E-state index in [4.69, 9.17) is 23.2 Å². The quantitative estimate of drug-likeness (QED) is 0.780. The zero-order valence-electron chi connectivity index (χ0n) is 11.3. The number of imidazole rings is 1. The minimum absolute atomic E-state index is 0.0000849. The molecule has 0 amide bonds. The average molecular weight is 328 g/mol. The van der Waals surface area contributed by atoms with Gasteiger partial charge in [-0.25, -0.2) is 18.1 Å². The van der Waals surface area contributed by atoms with Gasteiger partial charge in [0.15, 0.2) is 5.03 Å². The summed E-state index contributed by atoms with van der Waals surface area (Å²) in [6, 6.07) is 0. The number of rotatable bonds is 7. The number of aromatic nitrogens is 2. The smallest absolute Gasteiger partial charge is 0.260 e. The first-order valence-corrected chi connectivity index (χ1v) is 8.53. The first kappa shape index (κ1) is 16.8. The molecule has 110 valence electrons. The molecule has 1 heterocycles. The fourth-order valence-corrected chi connectivity index (χ4v) is 3.54. The van der Waals surface area contributed by atoms with Crippen LogP contribution in [0.25, 0.3) is 0 Å². The van der Waals surface area contributed by atoms with Crippen LogP contribution in [0.4, 0.5) is 0 Å². The van der Waals surface area contributed by atoms with E-state index in [2.05, 4.69) is 9.71 Å². The maximum Gasteiger partial charge on any atom is 0.260 e. The van der Waals surface area contributed by atoms with Gasteiger partial charge in [0.05, 0.1) is 5.54 Å². The number of aryl methyl sites for hydroxylation is 2. The molecule has 0 radical (unpaired) electrons. The van der Waals surface area contributed by atoms with Gasteiger partial charge in [0, 0.05) is 24.5 Å². The number of sulfonamides is 1. The Balaban J connectivity index is 3.04. The molecule has 0 saturated carbocycles. The molecule has 1 N–H and O–H groups in total. The molecule has 0 fully saturated rings. The second-order valence-corrected chi connectivity index (χ2v) is 6.92. The van der Waals surface area contributed by atoms with Crippen molar-refractivity contribution in [3.05, 3.63) is 12.0 Å². The van der Waals surface area contributed by atoms with Gasteiger partial charge in [-0.2, -0.15) is 0 Å². The lowest BCUT2D eigenvalue weighted by molar-refractivity contribution is 0.498. The highest BCUT2D eigenvalue weighted by Gasteiger charge is 2.30. The van der Waals surface area contributed by atoms with Gasteiger partial charge in [-0.3, -0.25) is 0 Å². The summed E-state index contributed by atoms with van der Waals surface area (Å²) in [5.74, 6) is 0.843. The van der Waals surface area contributed by atoms with Crippen LogP contribution in [0.5, 0.6) is 0 Å². The summed E-state index contributed by atoms with van der Waals surface area (Å²) in [6.45, 7) is 6.18. The van der Waals surface area contributed by atoms with Crippen molar-refractivity contribution in [2.75, 3.05) is 11.8 Å². The van der Waals surface area contributed by atoms with Crippen LogP contribution >= 0.6 is 23.2 Å². The van der Waals surface area contributed by atoms with E-state index in [9.17, 15) is 8.42 Å². The molecule has 0 atom stereocenters. The molecule has 1 aromatic heterocycles. The largest absolute Gasteiger partial charge is 0.334 e. The van der Waals surface area contributed by atoms with Crippen LogP contribution in [0.1, 0.15) is 26.1 Å². The topological polar surface area (TPSA) is 64.0 Å². The van der Waals surface area contributed by atoms with Gasteiger partial charge >= 0.3 is 0 Å². The molecule has 0 spiro atoms. The summed E-state index contributed by atoms with van der Waals surface area (Å²) in [4.78, 5) is 4.08. The molecule has 0 aromatic carbocycles. The van der Waals surface area contributed by atoms with E-state index in [0.717, 1.165) is 13.0 Å². The Bertz CT molecular complexity index is 524. The third kappa shape index (κ3) is 4.08. The summed E-state index contributed by atoms with van der Waals surface area (Å²) < 4.78 is 28.8. The average Bonchev–Trinajstić information content (AvgIpc) is 2.72. The Hall–Kier alpha value is -0.300. The molecular formula is C11H19Cl2N3O2S. The van der Waals surface area contributed by atoms with E-state index in [1.54, 1.807) is 13.8 Å². The predicted octanol–water partition coefficient (Wildman–Crippen LogP) is 2.12. The van der Waals surface area contributed by atoms with Gasteiger partial charge in [0.25, 0.3) is 10.0 Å². The van der Waals surface area contributed by atoms with Crippen LogP contribution in [-0.2, 0) is 16.6 Å². The lowest BCUT2D eigenvalue weighted by atomic mass is 10.1. The maximum atomic E-state index is 12.2. The molecule has 0 aliphatic rings. The summed E-state index contributed by atoms with van der Waals surface area (Å²) >= 11 is 11.5. The normalized spacial score (nSPS) is 12.9. The fourth-order valence-electron chi connectivity index (χ4n) is 1.54. The van der Waals surface area contributed by atoms with Crippen molar-refractivity contribution >= 4 is 33.2 Å². The molecule has 0 saturated heterocycles. The second kappa shape index (κ2) is 6.43. The molecule has 5 nitrogen and oxygen atoms in total. The van der Waals surface area contributed by atoms with Crippen molar-refractivity contribution in [3.63, 3.8) is 0 Å². The summed E-state index contributed by atoms with van der Waals surface area (Å²) in [5, 5.41) is -0.0000849. The van der Waals surface area contributed by atoms with Crippen molar-refractivity contribution in [1.82, 2.24) is 14.3 Å². The molecule has 0 bridgehead atoms. The van der Waals surface area contributed by atoms with Crippen LogP contribution in [0.2, 0.25) is 0 Å². The molecule has 0 unspecified atom stereocenters. The van der Waals surface area contributed by atoms with Gasteiger partial charge in [-0.15, -0.1) is 23.2 Å². The van der Waals surface area contributed by atoms with E-state index in [0.29, 0.717) is 5.82 Å². The molecule has 8 heteroatoms. The first-order chi connectivity index (χ1) is 8.78. The van der Waals surface area contributed by atoms with Crippen LogP contribution in [0.3, 0.4) is 0 Å². The number of halogens is 2. The van der Waals surface area contributed by atoms with E-state index < -0.39 is 15.6 Å². The molecule has 0 aliphatic heterocycles. The number of alkyl halides is 2. The number of nitrogens with zero attached hydrogens (tertiary/aromatic N) is 2. The van der Waals surface area contributed by atoms with E-state index in [1.165, 1.54) is 6.20 Å². The van der Waals surface area contributed by atoms with Crippen molar-refractivity contribution in [2.45, 2.75) is 44.3 Å². The van der Waals surface area contributed by atoms with Crippen molar-refractivity contribution in [1.29, 1.82) is 0 Å². The van der Waals surface area contributed by atoms with Gasteiger partial charge < -0.3 is 4.57 Å². The van der Waals surface area contributed by atoms with Gasteiger partial charge in [0.2, 0.25) is 0 Å². The molecule has 19 heavy (non-hydrogen) atoms. The third-order valence-electron chi connectivity index (χ3n) is 2.66.